The van der Waals surface area contributed by atoms with Gasteiger partial charge in [-0.05, 0) is 36.8 Å². The molecule has 0 amide bonds. The molecule has 0 aliphatic heterocycles. The summed E-state index contributed by atoms with van der Waals surface area (Å²) in [7, 11) is -3.46. The van der Waals surface area contributed by atoms with Crippen molar-refractivity contribution in [2.75, 3.05) is 12.3 Å². The van der Waals surface area contributed by atoms with Crippen LogP contribution in [0.25, 0.3) is 0 Å². The molecule has 2 rings (SSSR count). The fourth-order valence-electron chi connectivity index (χ4n) is 2.39. The molecule has 0 atom stereocenters. The molecule has 1 heterocycles. The standard InChI is InChI=1S/C13H21N3O2S/c1-10-2-4-11(5-3-10)8-16-19(17,18)12-6-7-13(14)15-9-12/h6-7,9-11,16H,2-5,8H2,1H3,(H2,14,15). The Morgan fingerprint density at radius 3 is 2.58 bits per heavy atom. The van der Waals surface area contributed by atoms with Crippen molar-refractivity contribution in [2.45, 2.75) is 37.5 Å². The van der Waals surface area contributed by atoms with E-state index < -0.39 is 10.0 Å². The molecule has 0 saturated heterocycles. The van der Waals surface area contributed by atoms with Gasteiger partial charge in [0.15, 0.2) is 0 Å². The molecule has 0 aromatic carbocycles. The number of nitrogen functional groups attached to an aromatic ring is 1. The van der Waals surface area contributed by atoms with E-state index >= 15 is 0 Å². The van der Waals surface area contributed by atoms with Crippen molar-refractivity contribution in [3.63, 3.8) is 0 Å². The van der Waals surface area contributed by atoms with Gasteiger partial charge in [-0.3, -0.25) is 0 Å². The molecule has 1 aliphatic carbocycles. The molecule has 106 valence electrons. The Morgan fingerprint density at radius 2 is 2.00 bits per heavy atom. The highest BCUT2D eigenvalue weighted by molar-refractivity contribution is 7.89. The summed E-state index contributed by atoms with van der Waals surface area (Å²) in [5.41, 5.74) is 5.45. The average molecular weight is 283 g/mol. The van der Waals surface area contributed by atoms with Crippen LogP contribution in [0.1, 0.15) is 32.6 Å². The van der Waals surface area contributed by atoms with Crippen LogP contribution in [0, 0.1) is 11.8 Å². The molecule has 6 heteroatoms. The van der Waals surface area contributed by atoms with Crippen LogP contribution in [0.2, 0.25) is 0 Å². The molecule has 1 aromatic rings. The topological polar surface area (TPSA) is 85.1 Å². The van der Waals surface area contributed by atoms with Gasteiger partial charge in [0, 0.05) is 12.7 Å². The largest absolute Gasteiger partial charge is 0.384 e. The number of rotatable bonds is 4. The fourth-order valence-corrected chi connectivity index (χ4v) is 3.46. The van der Waals surface area contributed by atoms with Gasteiger partial charge in [0.1, 0.15) is 10.7 Å². The van der Waals surface area contributed by atoms with E-state index in [4.69, 9.17) is 5.73 Å². The molecule has 0 radical (unpaired) electrons. The van der Waals surface area contributed by atoms with Gasteiger partial charge in [-0.25, -0.2) is 18.1 Å². The second-order valence-electron chi connectivity index (χ2n) is 5.40. The van der Waals surface area contributed by atoms with E-state index in [1.165, 1.54) is 31.2 Å². The first-order valence-corrected chi connectivity index (χ1v) is 8.17. The Morgan fingerprint density at radius 1 is 1.32 bits per heavy atom. The van der Waals surface area contributed by atoms with Crippen LogP contribution in [0.4, 0.5) is 5.82 Å². The lowest BCUT2D eigenvalue weighted by Gasteiger charge is -2.26. The van der Waals surface area contributed by atoms with E-state index in [0.717, 1.165) is 18.8 Å². The monoisotopic (exact) mass is 283 g/mol. The lowest BCUT2D eigenvalue weighted by Crippen LogP contribution is -2.31. The molecule has 1 aromatic heterocycles. The molecule has 5 nitrogen and oxygen atoms in total. The van der Waals surface area contributed by atoms with Crippen molar-refractivity contribution in [3.05, 3.63) is 18.3 Å². The number of nitrogens with two attached hydrogens (primary N) is 1. The molecule has 0 spiro atoms. The SMILES string of the molecule is CC1CCC(CNS(=O)(=O)c2ccc(N)nc2)CC1. The zero-order valence-electron chi connectivity index (χ0n) is 11.2. The minimum Gasteiger partial charge on any atom is -0.384 e. The molecule has 1 fully saturated rings. The number of anilines is 1. The van der Waals surface area contributed by atoms with Gasteiger partial charge >= 0.3 is 0 Å². The third-order valence-electron chi connectivity index (χ3n) is 3.77. The maximum Gasteiger partial charge on any atom is 0.242 e. The first-order chi connectivity index (χ1) is 8.97. The average Bonchev–Trinajstić information content (AvgIpc) is 2.39. The van der Waals surface area contributed by atoms with E-state index in [2.05, 4.69) is 16.6 Å². The first-order valence-electron chi connectivity index (χ1n) is 6.68. The van der Waals surface area contributed by atoms with E-state index in [0.29, 0.717) is 18.3 Å². The van der Waals surface area contributed by atoms with Crippen molar-refractivity contribution in [3.8, 4) is 0 Å². The zero-order valence-corrected chi connectivity index (χ0v) is 12.0. The van der Waals surface area contributed by atoms with Gasteiger partial charge < -0.3 is 5.73 Å². The smallest absolute Gasteiger partial charge is 0.242 e. The quantitative estimate of drug-likeness (QED) is 0.882. The normalized spacial score (nSPS) is 24.3. The van der Waals surface area contributed by atoms with E-state index in [9.17, 15) is 8.42 Å². The molecule has 3 N–H and O–H groups in total. The summed E-state index contributed by atoms with van der Waals surface area (Å²) in [6, 6.07) is 2.98. The highest BCUT2D eigenvalue weighted by atomic mass is 32.2. The Labute approximate surface area is 114 Å². The Hall–Kier alpha value is -1.14. The highest BCUT2D eigenvalue weighted by Crippen LogP contribution is 2.27. The van der Waals surface area contributed by atoms with E-state index in [1.807, 2.05) is 0 Å². The van der Waals surface area contributed by atoms with Crippen molar-refractivity contribution < 1.29 is 8.42 Å². The first kappa shape index (κ1) is 14.3. The molecular weight excluding hydrogens is 262 g/mol. The highest BCUT2D eigenvalue weighted by Gasteiger charge is 2.21. The van der Waals surface area contributed by atoms with Crippen LogP contribution in [-0.2, 0) is 10.0 Å². The Balaban J connectivity index is 1.92. The van der Waals surface area contributed by atoms with Crippen molar-refractivity contribution in [1.82, 2.24) is 9.71 Å². The van der Waals surface area contributed by atoms with E-state index in [1.54, 1.807) is 0 Å². The molecular formula is C13H21N3O2S. The van der Waals surface area contributed by atoms with Gasteiger partial charge in [0.05, 0.1) is 0 Å². The molecule has 1 aliphatic rings. The number of nitrogens with one attached hydrogen (secondary N) is 1. The summed E-state index contributed by atoms with van der Waals surface area (Å²) in [4.78, 5) is 3.98. The van der Waals surface area contributed by atoms with Crippen LogP contribution in [0.3, 0.4) is 0 Å². The minimum absolute atomic E-state index is 0.172. The molecule has 1 saturated carbocycles. The Kier molecular flexibility index (Phi) is 4.42. The predicted octanol–water partition coefficient (Wildman–Crippen LogP) is 1.77. The van der Waals surface area contributed by atoms with Crippen LogP contribution in [0.5, 0.6) is 0 Å². The van der Waals surface area contributed by atoms with Gasteiger partial charge in [-0.1, -0.05) is 19.8 Å². The minimum atomic E-state index is -3.46. The summed E-state index contributed by atoms with van der Waals surface area (Å²) in [6.45, 7) is 2.76. The Bertz CT molecular complexity index is 505. The number of hydrogen-bond acceptors (Lipinski definition) is 4. The van der Waals surface area contributed by atoms with Crippen LogP contribution >= 0.6 is 0 Å². The van der Waals surface area contributed by atoms with E-state index in [-0.39, 0.29) is 4.90 Å². The summed E-state index contributed by atoms with van der Waals surface area (Å²) in [6.07, 6.45) is 5.87. The summed E-state index contributed by atoms with van der Waals surface area (Å²) < 4.78 is 26.8. The third kappa shape index (κ3) is 3.91. The number of nitrogens with zero attached hydrogens (tertiary/aromatic N) is 1. The van der Waals surface area contributed by atoms with Crippen LogP contribution in [-0.4, -0.2) is 19.9 Å². The summed E-state index contributed by atoms with van der Waals surface area (Å²) in [5, 5.41) is 0. The lowest BCUT2D eigenvalue weighted by molar-refractivity contribution is 0.290. The number of aromatic nitrogens is 1. The molecule has 19 heavy (non-hydrogen) atoms. The second kappa shape index (κ2) is 5.88. The lowest BCUT2D eigenvalue weighted by atomic mass is 9.83. The summed E-state index contributed by atoms with van der Waals surface area (Å²) >= 11 is 0. The number of sulfonamides is 1. The van der Waals surface area contributed by atoms with Crippen LogP contribution in [0.15, 0.2) is 23.2 Å². The number of hydrogen-bond donors (Lipinski definition) is 2. The predicted molar refractivity (Wildman–Crippen MR) is 75.0 cm³/mol. The molecule has 0 unspecified atom stereocenters. The second-order valence-corrected chi connectivity index (χ2v) is 7.16. The van der Waals surface area contributed by atoms with Crippen LogP contribution < -0.4 is 10.5 Å². The van der Waals surface area contributed by atoms with Gasteiger partial charge in [0.2, 0.25) is 10.0 Å². The van der Waals surface area contributed by atoms with Gasteiger partial charge in [0.25, 0.3) is 0 Å². The summed E-state index contributed by atoms with van der Waals surface area (Å²) in [5.74, 6) is 1.54. The maximum absolute atomic E-state index is 12.1. The van der Waals surface area contributed by atoms with Gasteiger partial charge in [-0.15, -0.1) is 0 Å². The zero-order chi connectivity index (χ0) is 13.9. The molecule has 0 bridgehead atoms. The van der Waals surface area contributed by atoms with Gasteiger partial charge in [-0.2, -0.15) is 0 Å². The maximum atomic E-state index is 12.1. The van der Waals surface area contributed by atoms with Crippen molar-refractivity contribution >= 4 is 15.8 Å². The van der Waals surface area contributed by atoms with Crippen molar-refractivity contribution in [1.29, 1.82) is 0 Å². The fraction of sp³-hybridized carbons (Fsp3) is 0.615. The van der Waals surface area contributed by atoms with Crippen molar-refractivity contribution in [2.24, 2.45) is 11.8 Å². The third-order valence-corrected chi connectivity index (χ3v) is 5.18. The number of pyridine rings is 1.